The minimum atomic E-state index is -2.62. The molecule has 10 heteroatoms. The Morgan fingerprint density at radius 1 is 1.16 bits per heavy atom. The van der Waals surface area contributed by atoms with Crippen molar-refractivity contribution >= 4 is 29.2 Å². The highest BCUT2D eigenvalue weighted by Crippen LogP contribution is 2.52. The molecule has 31 heavy (non-hydrogen) atoms. The molecule has 162 valence electrons. The molecule has 0 spiro atoms. The summed E-state index contributed by atoms with van der Waals surface area (Å²) in [5.74, 6) is -8.04. The van der Waals surface area contributed by atoms with Crippen LogP contribution in [-0.2, 0) is 25.5 Å². The molecule has 3 aliphatic rings. The largest absolute Gasteiger partial charge is 0.508 e. The second-order valence-electron chi connectivity index (χ2n) is 7.89. The molecule has 6 N–H and O–H groups in total. The number of aromatic hydroxyl groups is 1. The van der Waals surface area contributed by atoms with Crippen molar-refractivity contribution in [3.05, 3.63) is 45.7 Å². The van der Waals surface area contributed by atoms with E-state index in [4.69, 9.17) is 5.73 Å². The third-order valence-corrected chi connectivity index (χ3v) is 6.34. The van der Waals surface area contributed by atoms with Gasteiger partial charge in [-0.2, -0.15) is 0 Å². The molecule has 0 unspecified atom stereocenters. The number of phenols is 1. The molecule has 0 saturated heterocycles. The Morgan fingerprint density at radius 2 is 1.84 bits per heavy atom. The van der Waals surface area contributed by atoms with Crippen LogP contribution in [0.5, 0.6) is 5.75 Å². The third-order valence-electron chi connectivity index (χ3n) is 6.34. The van der Waals surface area contributed by atoms with Gasteiger partial charge in [0.1, 0.15) is 28.4 Å². The molecule has 3 aliphatic carbocycles. The SMILES string of the molecule is COC(=O)c1ccc2c(c1O)C(O)=C1C(=O)[C@]3(O)C(O)=C(C(N)=O)C(=O)C[C@@H]3C[C@@H]1C2. The summed E-state index contributed by atoms with van der Waals surface area (Å²) in [6, 6.07) is 2.84. The van der Waals surface area contributed by atoms with E-state index in [1.54, 1.807) is 0 Å². The summed E-state index contributed by atoms with van der Waals surface area (Å²) in [5, 5.41) is 43.0. The number of carbonyl (C=O) groups excluding carboxylic acids is 4. The fourth-order valence-corrected chi connectivity index (χ4v) is 4.87. The van der Waals surface area contributed by atoms with Gasteiger partial charge in [-0.25, -0.2) is 4.79 Å². The number of carbonyl (C=O) groups is 4. The van der Waals surface area contributed by atoms with E-state index < -0.39 is 63.7 Å². The van der Waals surface area contributed by atoms with E-state index in [9.17, 15) is 39.6 Å². The molecule has 4 rings (SSSR count). The van der Waals surface area contributed by atoms with E-state index in [2.05, 4.69) is 4.74 Å². The van der Waals surface area contributed by atoms with E-state index in [0.717, 1.165) is 7.11 Å². The first-order valence-corrected chi connectivity index (χ1v) is 9.44. The average Bonchev–Trinajstić information content (AvgIpc) is 2.70. The number of nitrogens with two attached hydrogens (primary N) is 1. The summed E-state index contributed by atoms with van der Waals surface area (Å²) >= 11 is 0. The van der Waals surface area contributed by atoms with Crippen LogP contribution in [0.2, 0.25) is 0 Å². The number of aliphatic hydroxyl groups excluding tert-OH is 2. The summed E-state index contributed by atoms with van der Waals surface area (Å²) in [6.45, 7) is 0. The summed E-state index contributed by atoms with van der Waals surface area (Å²) in [7, 11) is 1.12. The van der Waals surface area contributed by atoms with Crippen LogP contribution in [0.15, 0.2) is 29.0 Å². The van der Waals surface area contributed by atoms with Crippen molar-refractivity contribution in [1.82, 2.24) is 0 Å². The fraction of sp³-hybridized carbons (Fsp3) is 0.333. The first kappa shape index (κ1) is 20.6. The first-order chi connectivity index (χ1) is 14.5. The Hall–Kier alpha value is -3.66. The number of Topliss-reactive ketones (excluding diaryl/α,β-unsaturated/α-hetero) is 2. The van der Waals surface area contributed by atoms with Crippen LogP contribution >= 0.6 is 0 Å². The number of methoxy groups -OCH3 is 1. The van der Waals surface area contributed by atoms with Gasteiger partial charge in [-0.15, -0.1) is 0 Å². The maximum Gasteiger partial charge on any atom is 0.341 e. The van der Waals surface area contributed by atoms with Crippen molar-refractivity contribution in [2.45, 2.75) is 24.9 Å². The van der Waals surface area contributed by atoms with E-state index in [0.29, 0.717) is 5.56 Å². The number of ketones is 2. The lowest BCUT2D eigenvalue weighted by Gasteiger charge is -2.46. The van der Waals surface area contributed by atoms with Gasteiger partial charge in [-0.05, 0) is 30.4 Å². The molecule has 10 nitrogen and oxygen atoms in total. The number of hydrogen-bond donors (Lipinski definition) is 5. The molecule has 0 aliphatic heterocycles. The number of fused-ring (bicyclic) bond motifs is 3. The standard InChI is InChI=1S/C21H19NO9/c1-31-20(29)10-3-2-7-4-8-5-9-6-11(23)14(19(22)28)18(27)21(9,30)17(26)13(8)16(25)12(7)15(10)24/h2-3,8-9,24-25,27,30H,4-6H2,1H3,(H2,22,28)/t8-,9-,21-/m0/s1. The summed E-state index contributed by atoms with van der Waals surface area (Å²) in [6.07, 6.45) is -0.166. The summed E-state index contributed by atoms with van der Waals surface area (Å²) < 4.78 is 4.60. The number of rotatable bonds is 2. The number of aliphatic hydroxyl groups is 3. The van der Waals surface area contributed by atoms with Gasteiger partial charge in [-0.1, -0.05) is 6.07 Å². The minimum Gasteiger partial charge on any atom is -0.508 e. The Kier molecular flexibility index (Phi) is 4.44. The Balaban J connectivity index is 1.92. The van der Waals surface area contributed by atoms with Crippen LogP contribution in [-0.4, -0.2) is 56.6 Å². The Morgan fingerprint density at radius 3 is 2.45 bits per heavy atom. The van der Waals surface area contributed by atoms with Crippen LogP contribution in [0.4, 0.5) is 0 Å². The van der Waals surface area contributed by atoms with Gasteiger partial charge in [-0.3, -0.25) is 14.4 Å². The molecule has 0 aromatic heterocycles. The zero-order valence-electron chi connectivity index (χ0n) is 16.3. The molecule has 1 saturated carbocycles. The van der Waals surface area contributed by atoms with Crippen LogP contribution in [0.3, 0.4) is 0 Å². The van der Waals surface area contributed by atoms with Gasteiger partial charge in [0.05, 0.1) is 12.7 Å². The monoisotopic (exact) mass is 429 g/mol. The van der Waals surface area contributed by atoms with Crippen molar-refractivity contribution in [2.24, 2.45) is 17.6 Å². The number of amides is 1. The lowest BCUT2D eigenvalue weighted by atomic mass is 9.59. The number of primary amides is 1. The minimum absolute atomic E-state index is 0.0441. The second-order valence-corrected chi connectivity index (χ2v) is 7.89. The van der Waals surface area contributed by atoms with Crippen molar-refractivity contribution in [3.8, 4) is 5.75 Å². The van der Waals surface area contributed by atoms with Crippen LogP contribution in [0, 0.1) is 11.8 Å². The maximum atomic E-state index is 13.3. The molecular weight excluding hydrogens is 410 g/mol. The molecule has 0 bridgehead atoms. The molecule has 1 amide bonds. The van der Waals surface area contributed by atoms with E-state index in [-0.39, 0.29) is 36.0 Å². The van der Waals surface area contributed by atoms with Gasteiger partial charge in [0.15, 0.2) is 11.4 Å². The zero-order chi connectivity index (χ0) is 22.8. The van der Waals surface area contributed by atoms with Crippen molar-refractivity contribution in [1.29, 1.82) is 0 Å². The number of benzene rings is 1. The molecule has 1 aromatic carbocycles. The van der Waals surface area contributed by atoms with Crippen LogP contribution in [0.25, 0.3) is 5.76 Å². The number of ether oxygens (including phenoxy) is 1. The van der Waals surface area contributed by atoms with Crippen LogP contribution in [0.1, 0.15) is 34.3 Å². The van der Waals surface area contributed by atoms with Gasteiger partial charge in [0.2, 0.25) is 5.78 Å². The second kappa shape index (κ2) is 6.67. The van der Waals surface area contributed by atoms with Crippen LogP contribution < -0.4 is 5.73 Å². The summed E-state index contributed by atoms with van der Waals surface area (Å²) in [5.41, 5.74) is 1.46. The van der Waals surface area contributed by atoms with Gasteiger partial charge in [0, 0.05) is 17.9 Å². The topological polar surface area (TPSA) is 184 Å². The zero-order valence-corrected chi connectivity index (χ0v) is 16.3. The van der Waals surface area contributed by atoms with Gasteiger partial charge >= 0.3 is 5.97 Å². The Bertz CT molecular complexity index is 1150. The molecule has 1 aromatic rings. The average molecular weight is 429 g/mol. The summed E-state index contributed by atoms with van der Waals surface area (Å²) in [4.78, 5) is 49.1. The quantitative estimate of drug-likeness (QED) is 0.324. The van der Waals surface area contributed by atoms with Gasteiger partial charge in [0.25, 0.3) is 5.91 Å². The normalized spacial score (nSPS) is 27.4. The Labute approximate surface area is 175 Å². The predicted octanol–water partition coefficient (Wildman–Crippen LogP) is 0.210. The number of hydrogen-bond acceptors (Lipinski definition) is 9. The van der Waals surface area contributed by atoms with E-state index in [1.165, 1.54) is 12.1 Å². The lowest BCUT2D eigenvalue weighted by Crippen LogP contribution is -2.58. The van der Waals surface area contributed by atoms with Crippen molar-refractivity contribution < 1.29 is 44.3 Å². The number of esters is 1. The highest BCUT2D eigenvalue weighted by Gasteiger charge is 2.60. The third kappa shape index (κ3) is 2.61. The van der Waals surface area contributed by atoms with Gasteiger partial charge < -0.3 is 30.9 Å². The molecular formula is C21H19NO9. The smallest absolute Gasteiger partial charge is 0.341 e. The molecule has 1 fully saturated rings. The lowest BCUT2D eigenvalue weighted by molar-refractivity contribution is -0.147. The highest BCUT2D eigenvalue weighted by atomic mass is 16.5. The molecule has 0 radical (unpaired) electrons. The molecule has 0 heterocycles. The molecule has 3 atom stereocenters. The predicted molar refractivity (Wildman–Crippen MR) is 103 cm³/mol. The van der Waals surface area contributed by atoms with E-state index >= 15 is 0 Å². The highest BCUT2D eigenvalue weighted by molar-refractivity contribution is 6.22. The maximum absolute atomic E-state index is 13.3. The fourth-order valence-electron chi connectivity index (χ4n) is 4.87. The van der Waals surface area contributed by atoms with Crippen molar-refractivity contribution in [3.63, 3.8) is 0 Å². The van der Waals surface area contributed by atoms with Crippen molar-refractivity contribution in [2.75, 3.05) is 7.11 Å². The van der Waals surface area contributed by atoms with E-state index in [1.807, 2.05) is 0 Å². The number of phenolic OH excluding ortho intramolecular Hbond substituents is 1. The first-order valence-electron chi connectivity index (χ1n) is 9.44.